The lowest BCUT2D eigenvalue weighted by atomic mass is 10.1. The molecule has 1 atom stereocenters. The topological polar surface area (TPSA) is 101 Å². The van der Waals surface area contributed by atoms with Gasteiger partial charge < -0.3 is 24.8 Å². The zero-order chi connectivity index (χ0) is 24.3. The SMILES string of the molecule is CN1C(=O)C(NC(=O)c2cc(OC3CCCC3)ccn2)COc2ccc(C#CC(C)(C)O)cc21. The fraction of sp³-hybridized carbons (Fsp3) is 0.423. The molecule has 2 aromatic rings. The molecule has 1 fully saturated rings. The number of ether oxygens (including phenoxy) is 2. The van der Waals surface area contributed by atoms with Crippen LogP contribution in [0.1, 0.15) is 55.6 Å². The van der Waals surface area contributed by atoms with Gasteiger partial charge in [0.2, 0.25) is 0 Å². The summed E-state index contributed by atoms with van der Waals surface area (Å²) >= 11 is 0. The van der Waals surface area contributed by atoms with Gasteiger partial charge in [0.1, 0.15) is 35.4 Å². The molecule has 0 radical (unpaired) electrons. The minimum Gasteiger partial charge on any atom is -0.490 e. The summed E-state index contributed by atoms with van der Waals surface area (Å²) in [4.78, 5) is 31.6. The van der Waals surface area contributed by atoms with Gasteiger partial charge in [-0.05, 0) is 63.8 Å². The maximum Gasteiger partial charge on any atom is 0.270 e. The molecule has 1 saturated carbocycles. The van der Waals surface area contributed by atoms with Gasteiger partial charge >= 0.3 is 0 Å². The number of anilines is 1. The summed E-state index contributed by atoms with van der Waals surface area (Å²) in [5.74, 6) is 5.96. The fourth-order valence-electron chi connectivity index (χ4n) is 3.94. The van der Waals surface area contributed by atoms with E-state index < -0.39 is 17.6 Å². The lowest BCUT2D eigenvalue weighted by Gasteiger charge is -2.20. The summed E-state index contributed by atoms with van der Waals surface area (Å²) in [5.41, 5.74) is 0.217. The van der Waals surface area contributed by atoms with Gasteiger partial charge in [-0.25, -0.2) is 0 Å². The molecule has 1 aromatic heterocycles. The summed E-state index contributed by atoms with van der Waals surface area (Å²) in [6.07, 6.45) is 6.02. The van der Waals surface area contributed by atoms with Crippen LogP contribution < -0.4 is 19.7 Å². The zero-order valence-corrected chi connectivity index (χ0v) is 19.6. The van der Waals surface area contributed by atoms with E-state index in [2.05, 4.69) is 22.1 Å². The quantitative estimate of drug-likeness (QED) is 0.677. The minimum absolute atomic E-state index is 0.0190. The summed E-state index contributed by atoms with van der Waals surface area (Å²) in [6, 6.07) is 7.65. The molecule has 0 saturated heterocycles. The number of carbonyl (C=O) groups is 2. The molecule has 1 aliphatic heterocycles. The van der Waals surface area contributed by atoms with Crippen LogP contribution in [0.2, 0.25) is 0 Å². The Morgan fingerprint density at radius 2 is 2.03 bits per heavy atom. The minimum atomic E-state index is -1.13. The maximum absolute atomic E-state index is 13.1. The summed E-state index contributed by atoms with van der Waals surface area (Å²) in [7, 11) is 1.62. The Bertz CT molecular complexity index is 1140. The van der Waals surface area contributed by atoms with Gasteiger partial charge in [0.05, 0.1) is 11.8 Å². The van der Waals surface area contributed by atoms with Crippen LogP contribution in [0.15, 0.2) is 36.5 Å². The van der Waals surface area contributed by atoms with E-state index in [1.54, 1.807) is 51.2 Å². The molecule has 0 spiro atoms. The van der Waals surface area contributed by atoms with Gasteiger partial charge in [0.15, 0.2) is 0 Å². The zero-order valence-electron chi connectivity index (χ0n) is 19.6. The highest BCUT2D eigenvalue weighted by molar-refractivity contribution is 6.03. The van der Waals surface area contributed by atoms with E-state index in [4.69, 9.17) is 9.47 Å². The summed E-state index contributed by atoms with van der Waals surface area (Å²) in [5, 5.41) is 12.6. The van der Waals surface area contributed by atoms with Crippen LogP contribution >= 0.6 is 0 Å². The van der Waals surface area contributed by atoms with Gasteiger partial charge in [-0.1, -0.05) is 11.8 Å². The predicted molar refractivity (Wildman–Crippen MR) is 127 cm³/mol. The van der Waals surface area contributed by atoms with Gasteiger partial charge in [-0.3, -0.25) is 14.6 Å². The monoisotopic (exact) mass is 463 g/mol. The Labute approximate surface area is 199 Å². The number of fused-ring (bicyclic) bond motifs is 1. The number of aromatic nitrogens is 1. The van der Waals surface area contributed by atoms with E-state index >= 15 is 0 Å². The third kappa shape index (κ3) is 5.67. The molecule has 178 valence electrons. The number of carbonyl (C=O) groups excluding carboxylic acids is 2. The first-order valence-corrected chi connectivity index (χ1v) is 11.4. The molecule has 8 nitrogen and oxygen atoms in total. The highest BCUT2D eigenvalue weighted by Crippen LogP contribution is 2.31. The van der Waals surface area contributed by atoms with Crippen LogP contribution in [-0.4, -0.2) is 53.3 Å². The van der Waals surface area contributed by atoms with E-state index in [0.717, 1.165) is 25.7 Å². The van der Waals surface area contributed by atoms with Crippen molar-refractivity contribution >= 4 is 17.5 Å². The lowest BCUT2D eigenvalue weighted by Crippen LogP contribution is -2.49. The van der Waals surface area contributed by atoms with Crippen molar-refractivity contribution in [1.29, 1.82) is 0 Å². The third-order valence-electron chi connectivity index (χ3n) is 5.74. The number of aliphatic hydroxyl groups is 1. The van der Waals surface area contributed by atoms with Gasteiger partial charge in [-0.2, -0.15) is 0 Å². The van der Waals surface area contributed by atoms with Crippen LogP contribution in [0.5, 0.6) is 11.5 Å². The second-order valence-corrected chi connectivity index (χ2v) is 9.13. The van der Waals surface area contributed by atoms with Crippen LogP contribution in [-0.2, 0) is 4.79 Å². The molecule has 8 heteroatoms. The molecule has 34 heavy (non-hydrogen) atoms. The van der Waals surface area contributed by atoms with E-state index in [9.17, 15) is 14.7 Å². The summed E-state index contributed by atoms with van der Waals surface area (Å²) in [6.45, 7) is 3.18. The first kappa shape index (κ1) is 23.6. The number of amides is 2. The van der Waals surface area contributed by atoms with Crippen molar-refractivity contribution in [3.05, 3.63) is 47.8 Å². The highest BCUT2D eigenvalue weighted by Gasteiger charge is 2.31. The van der Waals surface area contributed by atoms with Crippen LogP contribution in [0.4, 0.5) is 5.69 Å². The molecular weight excluding hydrogens is 434 g/mol. The molecule has 2 aliphatic rings. The Hall–Kier alpha value is -3.57. The van der Waals surface area contributed by atoms with Crippen molar-refractivity contribution in [2.75, 3.05) is 18.6 Å². The molecule has 2 N–H and O–H groups in total. The molecule has 0 bridgehead atoms. The first-order chi connectivity index (χ1) is 16.2. The molecule has 1 unspecified atom stereocenters. The van der Waals surface area contributed by atoms with Crippen LogP contribution in [0.3, 0.4) is 0 Å². The van der Waals surface area contributed by atoms with E-state index in [-0.39, 0.29) is 24.3 Å². The van der Waals surface area contributed by atoms with Crippen molar-refractivity contribution in [2.45, 2.75) is 57.3 Å². The van der Waals surface area contributed by atoms with Crippen LogP contribution in [0, 0.1) is 11.8 Å². The number of benzene rings is 1. The molecule has 2 heterocycles. The van der Waals surface area contributed by atoms with Gasteiger partial charge in [0.25, 0.3) is 11.8 Å². The normalized spacial score (nSPS) is 18.3. The number of rotatable bonds is 4. The Morgan fingerprint density at radius 3 is 2.76 bits per heavy atom. The molecule has 1 aliphatic carbocycles. The van der Waals surface area contributed by atoms with Crippen molar-refractivity contribution < 1.29 is 24.2 Å². The summed E-state index contributed by atoms with van der Waals surface area (Å²) < 4.78 is 11.8. The highest BCUT2D eigenvalue weighted by atomic mass is 16.5. The molecule has 2 amide bonds. The number of likely N-dealkylation sites (N-methyl/N-ethyl adjacent to an activating group) is 1. The average molecular weight is 464 g/mol. The molecule has 4 rings (SSSR count). The van der Waals surface area contributed by atoms with E-state index in [1.165, 1.54) is 11.1 Å². The average Bonchev–Trinajstić information content (AvgIpc) is 3.28. The second kappa shape index (κ2) is 9.74. The smallest absolute Gasteiger partial charge is 0.270 e. The lowest BCUT2D eigenvalue weighted by molar-refractivity contribution is -0.120. The Kier molecular flexibility index (Phi) is 6.75. The number of hydrogen-bond donors (Lipinski definition) is 2. The predicted octanol–water partition coefficient (Wildman–Crippen LogP) is 2.68. The number of pyridine rings is 1. The number of hydrogen-bond acceptors (Lipinski definition) is 6. The standard InChI is InChI=1S/C26H29N3O5/c1-26(2,32)12-10-17-8-9-23-22(14-17)29(3)25(31)21(16-33-23)28-24(30)20-15-19(11-13-27-20)34-18-6-4-5-7-18/h8-9,11,13-15,18,21,32H,4-7,16H2,1-3H3,(H,28,30). The van der Waals surface area contributed by atoms with Crippen molar-refractivity contribution in [2.24, 2.45) is 0 Å². The van der Waals surface area contributed by atoms with Crippen molar-refractivity contribution in [3.8, 4) is 23.3 Å². The van der Waals surface area contributed by atoms with E-state index in [1.807, 2.05) is 0 Å². The Balaban J connectivity index is 1.47. The second-order valence-electron chi connectivity index (χ2n) is 9.13. The Morgan fingerprint density at radius 1 is 1.26 bits per heavy atom. The van der Waals surface area contributed by atoms with E-state index in [0.29, 0.717) is 22.7 Å². The maximum atomic E-state index is 13.1. The van der Waals surface area contributed by atoms with Crippen LogP contribution in [0.25, 0.3) is 0 Å². The number of nitrogens with one attached hydrogen (secondary N) is 1. The van der Waals surface area contributed by atoms with Gasteiger partial charge in [0, 0.05) is 24.9 Å². The van der Waals surface area contributed by atoms with Gasteiger partial charge in [-0.15, -0.1) is 0 Å². The fourth-order valence-corrected chi connectivity index (χ4v) is 3.94. The largest absolute Gasteiger partial charge is 0.490 e. The van der Waals surface area contributed by atoms with Crippen molar-refractivity contribution in [3.63, 3.8) is 0 Å². The molecular formula is C26H29N3O5. The first-order valence-electron chi connectivity index (χ1n) is 11.4. The third-order valence-corrected chi connectivity index (χ3v) is 5.74. The molecule has 1 aromatic carbocycles. The number of nitrogens with zero attached hydrogens (tertiary/aromatic N) is 2. The van der Waals surface area contributed by atoms with Crippen molar-refractivity contribution in [1.82, 2.24) is 10.3 Å².